The lowest BCUT2D eigenvalue weighted by atomic mass is 9.72. The van der Waals surface area contributed by atoms with Crippen LogP contribution < -0.4 is 4.57 Å². The number of para-hydroxylation sites is 1. The molecule has 0 saturated heterocycles. The van der Waals surface area contributed by atoms with Gasteiger partial charge < -0.3 is 0 Å². The van der Waals surface area contributed by atoms with E-state index >= 15 is 0 Å². The standard InChI is InChI=1S/C37H37N2/c1-25-15-8-13-24-33(25)38-28(4)35-31-22-11-12-23-32(31)37(30-20-9-10-21-30,29-18-6-5-7-19-29)39(35)36(38)34-26(2)16-14-17-27(34)3/h5-8,11-19,22-24,30H,9-10,20-21H2,1-4H3/q+1. The van der Waals surface area contributed by atoms with Gasteiger partial charge in [-0.15, -0.1) is 0 Å². The molecule has 0 bridgehead atoms. The van der Waals surface area contributed by atoms with Gasteiger partial charge in [-0.05, 0) is 56.4 Å². The Morgan fingerprint density at radius 3 is 2.00 bits per heavy atom. The summed E-state index contributed by atoms with van der Waals surface area (Å²) in [5, 5.41) is 0. The Hall–Kier alpha value is -3.91. The van der Waals surface area contributed by atoms with E-state index in [4.69, 9.17) is 0 Å². The Morgan fingerprint density at radius 2 is 1.28 bits per heavy atom. The molecule has 0 spiro atoms. The van der Waals surface area contributed by atoms with Crippen LogP contribution in [0.2, 0.25) is 0 Å². The quantitative estimate of drug-likeness (QED) is 0.214. The van der Waals surface area contributed by atoms with E-state index in [1.165, 1.54) is 87.5 Å². The van der Waals surface area contributed by atoms with Crippen LogP contribution in [0.1, 0.15) is 59.2 Å². The summed E-state index contributed by atoms with van der Waals surface area (Å²) in [5.74, 6) is 1.84. The Kier molecular flexibility index (Phi) is 5.63. The van der Waals surface area contributed by atoms with Crippen LogP contribution in [0.25, 0.3) is 28.3 Å². The van der Waals surface area contributed by atoms with Crippen LogP contribution in [0.3, 0.4) is 0 Å². The van der Waals surface area contributed by atoms with Crippen LogP contribution in [0.5, 0.6) is 0 Å². The highest BCUT2D eigenvalue weighted by Gasteiger charge is 2.58. The van der Waals surface area contributed by atoms with Crippen LogP contribution in [0, 0.1) is 33.6 Å². The molecule has 5 aromatic rings. The van der Waals surface area contributed by atoms with Gasteiger partial charge in [0.25, 0.3) is 5.82 Å². The summed E-state index contributed by atoms with van der Waals surface area (Å²) in [6, 6.07) is 36.3. The number of imidazole rings is 1. The second-order valence-corrected chi connectivity index (χ2v) is 11.6. The number of hydrogen-bond acceptors (Lipinski definition) is 0. The van der Waals surface area contributed by atoms with Crippen molar-refractivity contribution >= 4 is 0 Å². The lowest BCUT2D eigenvalue weighted by Crippen LogP contribution is -2.60. The molecule has 1 aliphatic heterocycles. The van der Waals surface area contributed by atoms with Gasteiger partial charge in [0.15, 0.2) is 16.9 Å². The van der Waals surface area contributed by atoms with Crippen molar-refractivity contribution in [2.45, 2.75) is 58.9 Å². The van der Waals surface area contributed by atoms with Crippen molar-refractivity contribution < 1.29 is 4.57 Å². The van der Waals surface area contributed by atoms with E-state index in [0.29, 0.717) is 5.92 Å². The molecule has 1 aromatic heterocycles. The summed E-state index contributed by atoms with van der Waals surface area (Å²) < 4.78 is 5.36. The van der Waals surface area contributed by atoms with Gasteiger partial charge in [-0.2, -0.15) is 4.57 Å². The number of aromatic nitrogens is 2. The summed E-state index contributed by atoms with van der Waals surface area (Å²) in [4.78, 5) is 0. The molecular weight excluding hydrogens is 472 g/mol. The van der Waals surface area contributed by atoms with Crippen molar-refractivity contribution in [2.75, 3.05) is 0 Å². The number of fused-ring (bicyclic) bond motifs is 3. The summed E-state index contributed by atoms with van der Waals surface area (Å²) >= 11 is 0. The van der Waals surface area contributed by atoms with Gasteiger partial charge in [0, 0.05) is 29.5 Å². The fourth-order valence-corrected chi connectivity index (χ4v) is 7.89. The zero-order valence-electron chi connectivity index (χ0n) is 23.5. The van der Waals surface area contributed by atoms with Crippen molar-refractivity contribution in [3.05, 3.63) is 131 Å². The molecule has 39 heavy (non-hydrogen) atoms. The SMILES string of the molecule is Cc1ccccc1-n1c(C)c2[n+](c1-c1c(C)cccc1C)C(c1ccccc1)(C1CCCC1)c1ccccc1-2. The molecule has 2 heteroatoms. The van der Waals surface area contributed by atoms with E-state index in [2.05, 4.69) is 134 Å². The van der Waals surface area contributed by atoms with Crippen molar-refractivity contribution in [3.63, 3.8) is 0 Å². The first-order valence-corrected chi connectivity index (χ1v) is 14.5. The Labute approximate surface area is 232 Å². The van der Waals surface area contributed by atoms with Gasteiger partial charge >= 0.3 is 0 Å². The molecule has 1 atom stereocenters. The second-order valence-electron chi connectivity index (χ2n) is 11.6. The van der Waals surface area contributed by atoms with Crippen molar-refractivity contribution in [1.29, 1.82) is 0 Å². The maximum absolute atomic E-state index is 2.79. The maximum Gasteiger partial charge on any atom is 0.296 e. The number of nitrogens with zero attached hydrogens (tertiary/aromatic N) is 2. The van der Waals surface area contributed by atoms with Gasteiger partial charge in [0.2, 0.25) is 0 Å². The van der Waals surface area contributed by atoms with Crippen molar-refractivity contribution in [1.82, 2.24) is 4.57 Å². The molecule has 2 aliphatic rings. The first-order chi connectivity index (χ1) is 19.0. The average molecular weight is 510 g/mol. The van der Waals surface area contributed by atoms with E-state index in [1.807, 2.05) is 0 Å². The Balaban J connectivity index is 1.73. The van der Waals surface area contributed by atoms with E-state index in [0.717, 1.165) is 0 Å². The van der Waals surface area contributed by atoms with E-state index < -0.39 is 0 Å². The Bertz CT molecular complexity index is 1680. The van der Waals surface area contributed by atoms with Gasteiger partial charge in [-0.1, -0.05) is 104 Å². The fourth-order valence-electron chi connectivity index (χ4n) is 7.89. The van der Waals surface area contributed by atoms with Crippen molar-refractivity contribution in [2.24, 2.45) is 5.92 Å². The smallest absolute Gasteiger partial charge is 0.208 e. The molecule has 1 saturated carbocycles. The molecule has 1 aliphatic carbocycles. The summed E-state index contributed by atoms with van der Waals surface area (Å²) in [6.45, 7) is 9.14. The number of rotatable bonds is 4. The third kappa shape index (κ3) is 3.30. The number of hydrogen-bond donors (Lipinski definition) is 0. The third-order valence-corrected chi connectivity index (χ3v) is 9.49. The highest BCUT2D eigenvalue weighted by atomic mass is 15.2. The molecule has 1 unspecified atom stereocenters. The van der Waals surface area contributed by atoms with Gasteiger partial charge in [-0.25, -0.2) is 4.57 Å². The lowest BCUT2D eigenvalue weighted by Gasteiger charge is -2.36. The minimum atomic E-state index is -0.258. The Morgan fingerprint density at radius 1 is 0.667 bits per heavy atom. The highest BCUT2D eigenvalue weighted by Crippen LogP contribution is 2.54. The van der Waals surface area contributed by atoms with Crippen LogP contribution >= 0.6 is 0 Å². The topological polar surface area (TPSA) is 8.81 Å². The molecule has 2 nitrogen and oxygen atoms in total. The molecule has 1 fully saturated rings. The van der Waals surface area contributed by atoms with Gasteiger partial charge in [0.1, 0.15) is 5.69 Å². The minimum absolute atomic E-state index is 0.258. The number of aryl methyl sites for hydroxylation is 3. The molecule has 7 rings (SSSR count). The van der Waals surface area contributed by atoms with Crippen LogP contribution in [-0.2, 0) is 5.54 Å². The van der Waals surface area contributed by atoms with E-state index in [1.54, 1.807) is 0 Å². The molecule has 2 heterocycles. The third-order valence-electron chi connectivity index (χ3n) is 9.49. The average Bonchev–Trinajstić information content (AvgIpc) is 3.65. The molecule has 0 radical (unpaired) electrons. The molecule has 0 amide bonds. The van der Waals surface area contributed by atoms with Crippen LogP contribution in [0.15, 0.2) is 97.1 Å². The van der Waals surface area contributed by atoms with Gasteiger partial charge in [-0.3, -0.25) is 0 Å². The maximum atomic E-state index is 2.79. The fraction of sp³-hybridized carbons (Fsp3) is 0.270. The second kappa shape index (κ2) is 9.09. The predicted molar refractivity (Wildman–Crippen MR) is 160 cm³/mol. The first kappa shape index (κ1) is 24.2. The molecule has 0 N–H and O–H groups in total. The molecule has 194 valence electrons. The monoisotopic (exact) mass is 509 g/mol. The first-order valence-electron chi connectivity index (χ1n) is 14.5. The summed E-state index contributed by atoms with van der Waals surface area (Å²) in [5.41, 5.74) is 13.2. The molecular formula is C37H37N2+. The van der Waals surface area contributed by atoms with Gasteiger partial charge in [0.05, 0.1) is 5.56 Å². The van der Waals surface area contributed by atoms with E-state index in [9.17, 15) is 0 Å². The van der Waals surface area contributed by atoms with Crippen LogP contribution in [0.4, 0.5) is 0 Å². The zero-order chi connectivity index (χ0) is 26.7. The molecule has 4 aromatic carbocycles. The highest BCUT2D eigenvalue weighted by molar-refractivity contribution is 5.76. The predicted octanol–water partition coefficient (Wildman–Crippen LogP) is 8.63. The van der Waals surface area contributed by atoms with E-state index in [-0.39, 0.29) is 5.54 Å². The summed E-state index contributed by atoms with van der Waals surface area (Å²) in [6.07, 6.45) is 5.09. The largest absolute Gasteiger partial charge is 0.296 e. The number of benzene rings is 4. The normalized spacial score (nSPS) is 18.4. The minimum Gasteiger partial charge on any atom is -0.208 e. The summed E-state index contributed by atoms with van der Waals surface area (Å²) in [7, 11) is 0. The van der Waals surface area contributed by atoms with Crippen molar-refractivity contribution in [3.8, 4) is 28.3 Å². The zero-order valence-corrected chi connectivity index (χ0v) is 23.5. The van der Waals surface area contributed by atoms with Crippen LogP contribution in [-0.4, -0.2) is 4.57 Å². The lowest BCUT2D eigenvalue weighted by molar-refractivity contribution is -0.726.